The lowest BCUT2D eigenvalue weighted by atomic mass is 9.78. The molecule has 2 heterocycles. The van der Waals surface area contributed by atoms with Gasteiger partial charge in [0.25, 0.3) is 5.91 Å². The standard InChI is InChI=1S/C22H31N3OS/c1-14-9-11-25(12-10-14)22-24-19-8-7-17(13-20(19)27-22)21(26)23-18-6-4-5-15(2)16(18)3/h7-8,13-16,18H,4-6,9-12H2,1-3H3,(H,23,26). The first-order valence-corrected chi connectivity index (χ1v) is 11.3. The highest BCUT2D eigenvalue weighted by Crippen LogP contribution is 2.33. The van der Waals surface area contributed by atoms with E-state index in [1.54, 1.807) is 11.3 Å². The number of fused-ring (bicyclic) bond motifs is 1. The Hall–Kier alpha value is -1.62. The molecule has 146 valence electrons. The van der Waals surface area contributed by atoms with Crippen LogP contribution in [0.3, 0.4) is 0 Å². The van der Waals surface area contributed by atoms with E-state index >= 15 is 0 Å². The highest BCUT2D eigenvalue weighted by Gasteiger charge is 2.28. The number of anilines is 1. The zero-order valence-electron chi connectivity index (χ0n) is 16.7. The molecule has 2 aromatic rings. The molecule has 2 aliphatic rings. The Morgan fingerprint density at radius 1 is 1.15 bits per heavy atom. The molecule has 2 fully saturated rings. The van der Waals surface area contributed by atoms with Crippen LogP contribution in [0.2, 0.25) is 0 Å². The first-order valence-electron chi connectivity index (χ1n) is 10.5. The minimum absolute atomic E-state index is 0.0598. The van der Waals surface area contributed by atoms with Crippen LogP contribution in [0.4, 0.5) is 5.13 Å². The van der Waals surface area contributed by atoms with E-state index in [1.807, 2.05) is 18.2 Å². The lowest BCUT2D eigenvalue weighted by Gasteiger charge is -2.34. The van der Waals surface area contributed by atoms with Crippen molar-refractivity contribution in [1.29, 1.82) is 0 Å². The first kappa shape index (κ1) is 18.7. The molecule has 1 aliphatic carbocycles. The summed E-state index contributed by atoms with van der Waals surface area (Å²) in [4.78, 5) is 20.0. The van der Waals surface area contributed by atoms with Gasteiger partial charge in [-0.1, -0.05) is 44.9 Å². The Kier molecular flexibility index (Phi) is 5.40. The molecule has 1 saturated heterocycles. The minimum Gasteiger partial charge on any atom is -0.349 e. The van der Waals surface area contributed by atoms with Gasteiger partial charge in [-0.05, 0) is 55.2 Å². The average molecular weight is 386 g/mol. The number of carbonyl (C=O) groups is 1. The second-order valence-electron chi connectivity index (χ2n) is 8.70. The van der Waals surface area contributed by atoms with E-state index < -0.39 is 0 Å². The zero-order valence-corrected chi connectivity index (χ0v) is 17.5. The van der Waals surface area contributed by atoms with Crippen LogP contribution >= 0.6 is 11.3 Å². The predicted molar refractivity (Wildman–Crippen MR) is 114 cm³/mol. The summed E-state index contributed by atoms with van der Waals surface area (Å²) in [6, 6.07) is 6.25. The zero-order chi connectivity index (χ0) is 19.0. The highest BCUT2D eigenvalue weighted by atomic mass is 32.1. The number of hydrogen-bond donors (Lipinski definition) is 1. The molecule has 4 nitrogen and oxygen atoms in total. The SMILES string of the molecule is CC1CCN(c2nc3ccc(C(=O)NC4CCCC(C)C4C)cc3s2)CC1. The van der Waals surface area contributed by atoms with Crippen LogP contribution in [0.1, 0.15) is 63.2 Å². The number of piperidine rings is 1. The van der Waals surface area contributed by atoms with Gasteiger partial charge in [0.15, 0.2) is 5.13 Å². The number of thiazole rings is 1. The van der Waals surface area contributed by atoms with E-state index in [0.29, 0.717) is 17.9 Å². The maximum atomic E-state index is 12.8. The number of nitrogens with one attached hydrogen (secondary N) is 1. The monoisotopic (exact) mass is 385 g/mol. The Morgan fingerprint density at radius 3 is 2.70 bits per heavy atom. The average Bonchev–Trinajstić information content (AvgIpc) is 3.09. The van der Waals surface area contributed by atoms with Gasteiger partial charge in [-0.2, -0.15) is 0 Å². The van der Waals surface area contributed by atoms with Crippen molar-refractivity contribution in [3.05, 3.63) is 23.8 Å². The van der Waals surface area contributed by atoms with Gasteiger partial charge in [-0.3, -0.25) is 4.79 Å². The van der Waals surface area contributed by atoms with Crippen molar-refractivity contribution >= 4 is 32.6 Å². The van der Waals surface area contributed by atoms with Crippen LogP contribution in [-0.4, -0.2) is 30.0 Å². The maximum Gasteiger partial charge on any atom is 0.251 e. The van der Waals surface area contributed by atoms with Crippen LogP contribution in [0, 0.1) is 17.8 Å². The second-order valence-corrected chi connectivity index (χ2v) is 9.70. The minimum atomic E-state index is 0.0598. The Morgan fingerprint density at radius 2 is 1.93 bits per heavy atom. The number of nitrogens with zero attached hydrogens (tertiary/aromatic N) is 2. The van der Waals surface area contributed by atoms with Crippen molar-refractivity contribution in [1.82, 2.24) is 10.3 Å². The molecule has 1 amide bonds. The van der Waals surface area contributed by atoms with Crippen LogP contribution in [0.5, 0.6) is 0 Å². The van der Waals surface area contributed by atoms with E-state index in [4.69, 9.17) is 4.98 Å². The number of carbonyl (C=O) groups excluding carboxylic acids is 1. The van der Waals surface area contributed by atoms with Gasteiger partial charge in [0, 0.05) is 24.7 Å². The molecule has 5 heteroatoms. The van der Waals surface area contributed by atoms with Gasteiger partial charge in [0.1, 0.15) is 0 Å². The Balaban J connectivity index is 1.48. The topological polar surface area (TPSA) is 45.2 Å². The fraction of sp³-hybridized carbons (Fsp3) is 0.636. The summed E-state index contributed by atoms with van der Waals surface area (Å²) >= 11 is 1.72. The van der Waals surface area contributed by atoms with Crippen molar-refractivity contribution in [2.75, 3.05) is 18.0 Å². The summed E-state index contributed by atoms with van der Waals surface area (Å²) in [5.74, 6) is 2.10. The fourth-order valence-electron chi connectivity index (χ4n) is 4.43. The summed E-state index contributed by atoms with van der Waals surface area (Å²) < 4.78 is 1.11. The third-order valence-corrected chi connectivity index (χ3v) is 7.80. The molecule has 1 aliphatic heterocycles. The molecule has 1 saturated carbocycles. The number of benzene rings is 1. The van der Waals surface area contributed by atoms with Gasteiger partial charge in [-0.15, -0.1) is 0 Å². The molecule has 1 aromatic heterocycles. The van der Waals surface area contributed by atoms with Crippen molar-refractivity contribution in [3.63, 3.8) is 0 Å². The molecule has 0 spiro atoms. The van der Waals surface area contributed by atoms with Crippen LogP contribution < -0.4 is 10.2 Å². The Labute approximate surface area is 166 Å². The lowest BCUT2D eigenvalue weighted by molar-refractivity contribution is 0.0891. The number of aromatic nitrogens is 1. The van der Waals surface area contributed by atoms with Gasteiger partial charge < -0.3 is 10.2 Å². The maximum absolute atomic E-state index is 12.8. The Bertz CT molecular complexity index is 809. The smallest absolute Gasteiger partial charge is 0.251 e. The lowest BCUT2D eigenvalue weighted by Crippen LogP contribution is -2.43. The number of rotatable bonds is 3. The second kappa shape index (κ2) is 7.78. The van der Waals surface area contributed by atoms with E-state index in [9.17, 15) is 4.79 Å². The van der Waals surface area contributed by atoms with Crippen molar-refractivity contribution in [3.8, 4) is 0 Å². The third kappa shape index (κ3) is 3.98. The quantitative estimate of drug-likeness (QED) is 0.801. The molecule has 27 heavy (non-hydrogen) atoms. The first-order chi connectivity index (χ1) is 13.0. The third-order valence-electron chi connectivity index (χ3n) is 6.72. The molecular formula is C22H31N3OS. The molecular weight excluding hydrogens is 354 g/mol. The predicted octanol–water partition coefficient (Wildman–Crippen LogP) is 5.09. The summed E-state index contributed by atoms with van der Waals surface area (Å²) in [6.07, 6.45) is 6.06. The highest BCUT2D eigenvalue weighted by molar-refractivity contribution is 7.22. The summed E-state index contributed by atoms with van der Waals surface area (Å²) in [7, 11) is 0. The van der Waals surface area contributed by atoms with E-state index in [0.717, 1.165) is 46.3 Å². The molecule has 1 aromatic carbocycles. The van der Waals surface area contributed by atoms with Crippen molar-refractivity contribution in [2.24, 2.45) is 17.8 Å². The van der Waals surface area contributed by atoms with Crippen LogP contribution in [0.25, 0.3) is 10.2 Å². The molecule has 3 unspecified atom stereocenters. The van der Waals surface area contributed by atoms with E-state index in [-0.39, 0.29) is 5.91 Å². The molecule has 0 radical (unpaired) electrons. The number of amides is 1. The molecule has 3 atom stereocenters. The van der Waals surface area contributed by atoms with E-state index in [2.05, 4.69) is 31.0 Å². The van der Waals surface area contributed by atoms with Gasteiger partial charge in [-0.25, -0.2) is 4.98 Å². The largest absolute Gasteiger partial charge is 0.349 e. The van der Waals surface area contributed by atoms with Gasteiger partial charge in [0.05, 0.1) is 10.2 Å². The van der Waals surface area contributed by atoms with E-state index in [1.165, 1.54) is 25.7 Å². The van der Waals surface area contributed by atoms with Crippen LogP contribution in [-0.2, 0) is 0 Å². The number of hydrogen-bond acceptors (Lipinski definition) is 4. The summed E-state index contributed by atoms with van der Waals surface area (Å²) in [5, 5.41) is 4.39. The van der Waals surface area contributed by atoms with Crippen molar-refractivity contribution in [2.45, 2.75) is 58.9 Å². The summed E-state index contributed by atoms with van der Waals surface area (Å²) in [6.45, 7) is 9.08. The molecule has 1 N–H and O–H groups in total. The fourth-order valence-corrected chi connectivity index (χ4v) is 5.48. The van der Waals surface area contributed by atoms with Crippen molar-refractivity contribution < 1.29 is 4.79 Å². The summed E-state index contributed by atoms with van der Waals surface area (Å²) in [5.41, 5.74) is 1.76. The van der Waals surface area contributed by atoms with Gasteiger partial charge >= 0.3 is 0 Å². The van der Waals surface area contributed by atoms with Gasteiger partial charge in [0.2, 0.25) is 0 Å². The molecule has 4 rings (SSSR count). The van der Waals surface area contributed by atoms with Crippen LogP contribution in [0.15, 0.2) is 18.2 Å². The molecule has 0 bridgehead atoms. The normalized spacial score (nSPS) is 27.1.